The largest absolute Gasteiger partial charge is 0.508 e. The van der Waals surface area contributed by atoms with Crippen LogP contribution in [0.1, 0.15) is 20.8 Å². The van der Waals surface area contributed by atoms with Crippen LogP contribution in [0, 0.1) is 0 Å². The van der Waals surface area contributed by atoms with Crippen molar-refractivity contribution in [3.8, 4) is 11.5 Å². The molecule has 0 radical (unpaired) electrons. The van der Waals surface area contributed by atoms with Crippen LogP contribution in [0.2, 0.25) is 0 Å². The van der Waals surface area contributed by atoms with E-state index < -0.39 is 18.0 Å². The van der Waals surface area contributed by atoms with Crippen molar-refractivity contribution in [2.24, 2.45) is 0 Å². The molecule has 0 saturated heterocycles. The van der Waals surface area contributed by atoms with Crippen LogP contribution in [0.5, 0.6) is 11.5 Å². The number of hydrogen-bond acceptors (Lipinski definition) is 9. The van der Waals surface area contributed by atoms with Gasteiger partial charge in [-0.3, -0.25) is 9.59 Å². The third-order valence-corrected chi connectivity index (χ3v) is 5.28. The van der Waals surface area contributed by atoms with E-state index in [0.717, 1.165) is 5.56 Å². The van der Waals surface area contributed by atoms with Gasteiger partial charge in [-0.05, 0) is 43.7 Å². The van der Waals surface area contributed by atoms with Gasteiger partial charge in [-0.1, -0.05) is 42.5 Å². The first kappa shape index (κ1) is 33.4. The smallest absolute Gasteiger partial charge is 0.410 e. The number of benzene rings is 3. The summed E-state index contributed by atoms with van der Waals surface area (Å²) >= 11 is 0. The molecule has 11 nitrogen and oxygen atoms in total. The molecule has 0 aliphatic carbocycles. The van der Waals surface area contributed by atoms with E-state index in [4.69, 9.17) is 14.2 Å². The van der Waals surface area contributed by atoms with Gasteiger partial charge in [-0.2, -0.15) is 0 Å². The van der Waals surface area contributed by atoms with Gasteiger partial charge < -0.3 is 39.2 Å². The molecule has 0 atom stereocenters. The maximum absolute atomic E-state index is 12.5. The molecule has 0 spiro atoms. The highest BCUT2D eigenvalue weighted by molar-refractivity contribution is 5.94. The van der Waals surface area contributed by atoms with Gasteiger partial charge in [0.15, 0.2) is 6.73 Å². The zero-order chi connectivity index (χ0) is 30.9. The van der Waals surface area contributed by atoms with Crippen molar-refractivity contribution in [1.82, 2.24) is 4.90 Å². The molecule has 0 fully saturated rings. The van der Waals surface area contributed by atoms with Gasteiger partial charge in [0.2, 0.25) is 5.91 Å². The molecule has 0 aliphatic rings. The molecule has 0 heterocycles. The average Bonchev–Trinajstić information content (AvgIpc) is 2.94. The van der Waals surface area contributed by atoms with Crippen LogP contribution >= 0.6 is 0 Å². The van der Waals surface area contributed by atoms with Crippen molar-refractivity contribution in [2.45, 2.75) is 26.6 Å². The fourth-order valence-electron chi connectivity index (χ4n) is 3.48. The maximum atomic E-state index is 12.5. The number of anilines is 2. The third kappa shape index (κ3) is 12.6. The second-order valence-electron chi connectivity index (χ2n) is 9.41. The predicted molar refractivity (Wildman–Crippen MR) is 162 cm³/mol. The van der Waals surface area contributed by atoms with Crippen molar-refractivity contribution >= 4 is 29.3 Å². The standard InChI is InChI=1S/C29H33N3O7.C2H6O.H2/c1-21(2)39-28(35)18-32(24-12-8-13-25(33)16-24)20-38-26-14-7-11-23(15-26)30-27(34)17-31(3)29(36)37-19-22-9-5-4-6-10-22;1-3-2;/h4-16,21,33H,17-20H2,1-3H3,(H,30,34);1-2H3;1H. The number of methoxy groups -OCH3 is 1. The highest BCUT2D eigenvalue weighted by Gasteiger charge is 2.17. The van der Waals surface area contributed by atoms with Crippen molar-refractivity contribution in [1.29, 1.82) is 0 Å². The molecule has 2 amide bonds. The number of carbonyl (C=O) groups excluding carboxylic acids is 3. The Morgan fingerprint density at radius 3 is 2.29 bits per heavy atom. The molecule has 0 bridgehead atoms. The van der Waals surface area contributed by atoms with Crippen LogP contribution in [0.25, 0.3) is 0 Å². The Balaban J connectivity index is 0.00000221. The summed E-state index contributed by atoms with van der Waals surface area (Å²) in [6, 6.07) is 22.4. The quantitative estimate of drug-likeness (QED) is 0.226. The number of esters is 1. The van der Waals surface area contributed by atoms with Crippen LogP contribution in [0.3, 0.4) is 0 Å². The molecular weight excluding hydrogens is 542 g/mol. The number of nitrogens with zero attached hydrogens (tertiary/aromatic N) is 2. The summed E-state index contributed by atoms with van der Waals surface area (Å²) in [7, 11) is 4.73. The van der Waals surface area contributed by atoms with Crippen molar-refractivity contribution in [3.63, 3.8) is 0 Å². The zero-order valence-corrected chi connectivity index (χ0v) is 24.6. The number of aromatic hydroxyl groups is 1. The lowest BCUT2D eigenvalue weighted by Crippen LogP contribution is -2.35. The SMILES string of the molecule is CC(C)OC(=O)CN(COc1cccc(NC(=O)CN(C)C(=O)OCc2ccccc2)c1)c1cccc(O)c1.COC.[HH]. The molecule has 0 unspecified atom stereocenters. The number of rotatable bonds is 12. The number of ether oxygens (including phenoxy) is 4. The first-order chi connectivity index (χ1) is 20.1. The highest BCUT2D eigenvalue weighted by atomic mass is 16.6. The minimum Gasteiger partial charge on any atom is -0.508 e. The first-order valence-electron chi connectivity index (χ1n) is 13.2. The lowest BCUT2D eigenvalue weighted by atomic mass is 10.2. The number of hydrogen-bond donors (Lipinski definition) is 2. The Kier molecular flexibility index (Phi) is 14.2. The van der Waals surface area contributed by atoms with E-state index in [1.165, 1.54) is 24.1 Å². The van der Waals surface area contributed by atoms with Crippen molar-refractivity contribution < 1.29 is 39.9 Å². The van der Waals surface area contributed by atoms with Crippen molar-refractivity contribution in [3.05, 3.63) is 84.4 Å². The fraction of sp³-hybridized carbons (Fsp3) is 0.323. The lowest BCUT2D eigenvalue weighted by Gasteiger charge is -2.24. The molecule has 0 aromatic heterocycles. The van der Waals surface area contributed by atoms with Crippen LogP contribution in [-0.2, 0) is 30.4 Å². The Morgan fingerprint density at radius 2 is 1.62 bits per heavy atom. The van der Waals surface area contributed by atoms with E-state index in [1.807, 2.05) is 30.3 Å². The molecule has 0 saturated carbocycles. The Hall–Kier alpha value is -4.77. The molecule has 0 aliphatic heterocycles. The number of nitrogens with one attached hydrogen (secondary N) is 1. The predicted octanol–water partition coefficient (Wildman–Crippen LogP) is 4.90. The minimum absolute atomic E-state index is 0. The third-order valence-electron chi connectivity index (χ3n) is 5.28. The summed E-state index contributed by atoms with van der Waals surface area (Å²) in [6.07, 6.45) is -0.886. The number of phenols is 1. The van der Waals surface area contributed by atoms with E-state index in [9.17, 15) is 19.5 Å². The fourth-order valence-corrected chi connectivity index (χ4v) is 3.48. The topological polar surface area (TPSA) is 127 Å². The minimum atomic E-state index is -0.617. The average molecular weight is 584 g/mol. The molecule has 3 aromatic carbocycles. The monoisotopic (exact) mass is 583 g/mol. The van der Waals surface area contributed by atoms with Gasteiger partial charge in [-0.15, -0.1) is 0 Å². The summed E-state index contributed by atoms with van der Waals surface area (Å²) < 4.78 is 20.6. The summed E-state index contributed by atoms with van der Waals surface area (Å²) in [5.41, 5.74) is 1.88. The molecule has 228 valence electrons. The van der Waals surface area contributed by atoms with Crippen LogP contribution < -0.4 is 15.0 Å². The number of carbonyl (C=O) groups is 3. The van der Waals surface area contributed by atoms with E-state index in [0.29, 0.717) is 17.1 Å². The summed E-state index contributed by atoms with van der Waals surface area (Å²) in [5.74, 6) is -0.368. The van der Waals surface area contributed by atoms with Gasteiger partial charge in [0, 0.05) is 46.2 Å². The van der Waals surface area contributed by atoms with Gasteiger partial charge in [-0.25, -0.2) is 4.79 Å². The number of likely N-dealkylation sites (N-methyl/N-ethyl adjacent to an activating group) is 1. The van der Waals surface area contributed by atoms with E-state index in [-0.39, 0.29) is 39.7 Å². The molecule has 11 heteroatoms. The first-order valence-corrected chi connectivity index (χ1v) is 13.2. The second kappa shape index (κ2) is 17.8. The zero-order valence-electron chi connectivity index (χ0n) is 24.6. The van der Waals surface area contributed by atoms with Gasteiger partial charge in [0.05, 0.1) is 6.10 Å². The normalized spacial score (nSPS) is 10.1. The Bertz CT molecular complexity index is 1280. The Morgan fingerprint density at radius 1 is 0.929 bits per heavy atom. The van der Waals surface area contributed by atoms with Crippen LogP contribution in [0.15, 0.2) is 78.9 Å². The van der Waals surface area contributed by atoms with Crippen molar-refractivity contribution in [2.75, 3.05) is 51.3 Å². The van der Waals surface area contributed by atoms with Gasteiger partial charge in [0.1, 0.15) is 31.2 Å². The molecule has 3 aromatic rings. The van der Waals surface area contributed by atoms with E-state index in [1.54, 1.807) is 69.4 Å². The molecule has 42 heavy (non-hydrogen) atoms. The summed E-state index contributed by atoms with van der Waals surface area (Å²) in [5, 5.41) is 12.6. The molecule has 3 rings (SSSR count). The number of phenolic OH excluding ortho intramolecular Hbond substituents is 1. The molecule has 2 N–H and O–H groups in total. The number of amides is 2. The van der Waals surface area contributed by atoms with Crippen LogP contribution in [-0.4, -0.2) is 75.2 Å². The van der Waals surface area contributed by atoms with Gasteiger partial charge in [0.25, 0.3) is 0 Å². The van der Waals surface area contributed by atoms with Crippen LogP contribution in [0.4, 0.5) is 16.2 Å². The highest BCUT2D eigenvalue weighted by Crippen LogP contribution is 2.22. The molecular formula is C31H41N3O8. The second-order valence-corrected chi connectivity index (χ2v) is 9.41. The summed E-state index contributed by atoms with van der Waals surface area (Å²) in [4.78, 5) is 39.8. The van der Waals surface area contributed by atoms with Gasteiger partial charge >= 0.3 is 12.1 Å². The van der Waals surface area contributed by atoms with E-state index in [2.05, 4.69) is 10.1 Å². The lowest BCUT2D eigenvalue weighted by molar-refractivity contribution is -0.145. The summed E-state index contributed by atoms with van der Waals surface area (Å²) in [6.45, 7) is 3.31. The maximum Gasteiger partial charge on any atom is 0.410 e. The Labute approximate surface area is 248 Å². The van der Waals surface area contributed by atoms with E-state index >= 15 is 0 Å².